The Kier molecular flexibility index (Phi) is 4.14. The normalized spacial score (nSPS) is 16.2. The highest BCUT2D eigenvalue weighted by molar-refractivity contribution is 7.17. The first-order valence-electron chi connectivity index (χ1n) is 6.76. The predicted octanol–water partition coefficient (Wildman–Crippen LogP) is 3.12. The summed E-state index contributed by atoms with van der Waals surface area (Å²) in [5.74, 6) is 0.224. The number of nitrogens with one attached hydrogen (secondary N) is 2. The van der Waals surface area contributed by atoms with Crippen LogP contribution in [0.4, 0.5) is 5.13 Å². The molecule has 106 valence electrons. The Labute approximate surface area is 126 Å². The molecule has 0 radical (unpaired) electrons. The number of thiazole rings is 1. The van der Waals surface area contributed by atoms with Gasteiger partial charge in [-0.2, -0.15) is 0 Å². The number of aryl methyl sites for hydroxylation is 1. The van der Waals surface area contributed by atoms with Gasteiger partial charge in [0.1, 0.15) is 0 Å². The van der Waals surface area contributed by atoms with E-state index in [9.17, 15) is 4.79 Å². The van der Waals surface area contributed by atoms with Crippen LogP contribution in [-0.4, -0.2) is 24.0 Å². The van der Waals surface area contributed by atoms with E-state index in [0.717, 1.165) is 36.5 Å². The third kappa shape index (κ3) is 3.08. The summed E-state index contributed by atoms with van der Waals surface area (Å²) in [6.07, 6.45) is 1.82. The lowest BCUT2D eigenvalue weighted by molar-refractivity contribution is -0.120. The predicted molar refractivity (Wildman–Crippen MR) is 84.4 cm³/mol. The lowest BCUT2D eigenvalue weighted by atomic mass is 9.97. The molecule has 4 nitrogen and oxygen atoms in total. The van der Waals surface area contributed by atoms with Crippen LogP contribution >= 0.6 is 22.7 Å². The maximum Gasteiger partial charge on any atom is 0.229 e. The molecule has 0 atom stereocenters. The molecule has 1 aliphatic heterocycles. The highest BCUT2D eigenvalue weighted by Crippen LogP contribution is 2.30. The summed E-state index contributed by atoms with van der Waals surface area (Å²) >= 11 is 3.22. The number of hydrogen-bond donors (Lipinski definition) is 2. The monoisotopic (exact) mass is 307 g/mol. The first-order valence-corrected chi connectivity index (χ1v) is 8.46. The molecule has 3 heterocycles. The molecule has 1 aliphatic rings. The molecule has 0 saturated carbocycles. The number of rotatable bonds is 3. The van der Waals surface area contributed by atoms with Gasteiger partial charge in [-0.15, -0.1) is 22.7 Å². The Morgan fingerprint density at radius 1 is 1.40 bits per heavy atom. The minimum atomic E-state index is 0.106. The van der Waals surface area contributed by atoms with Gasteiger partial charge in [-0.3, -0.25) is 4.79 Å². The molecule has 0 unspecified atom stereocenters. The molecule has 20 heavy (non-hydrogen) atoms. The van der Waals surface area contributed by atoms with E-state index in [-0.39, 0.29) is 11.8 Å². The standard InChI is InChI=1S/C14H17N3OS2/c1-9-2-3-12(20-9)11-8-19-14(16-11)17-13(18)10-4-6-15-7-5-10/h2-3,8,10,15H,4-7H2,1H3,(H,16,17,18). The lowest BCUT2D eigenvalue weighted by Crippen LogP contribution is -2.34. The molecule has 1 saturated heterocycles. The summed E-state index contributed by atoms with van der Waals surface area (Å²) in [5.41, 5.74) is 0.953. The molecule has 6 heteroatoms. The van der Waals surface area contributed by atoms with Gasteiger partial charge in [-0.25, -0.2) is 4.98 Å². The highest BCUT2D eigenvalue weighted by atomic mass is 32.1. The van der Waals surface area contributed by atoms with Gasteiger partial charge in [0.05, 0.1) is 10.6 Å². The first kappa shape index (κ1) is 13.7. The van der Waals surface area contributed by atoms with Crippen molar-refractivity contribution in [2.45, 2.75) is 19.8 Å². The maximum atomic E-state index is 12.1. The summed E-state index contributed by atoms with van der Waals surface area (Å²) in [6.45, 7) is 3.94. The van der Waals surface area contributed by atoms with Gasteiger partial charge < -0.3 is 10.6 Å². The minimum Gasteiger partial charge on any atom is -0.317 e. The third-order valence-electron chi connectivity index (χ3n) is 3.44. The van der Waals surface area contributed by atoms with Crippen molar-refractivity contribution in [1.29, 1.82) is 0 Å². The number of anilines is 1. The van der Waals surface area contributed by atoms with Crippen LogP contribution in [0.2, 0.25) is 0 Å². The number of carbonyl (C=O) groups is 1. The van der Waals surface area contributed by atoms with Gasteiger partial charge in [-0.1, -0.05) is 0 Å². The average molecular weight is 307 g/mol. The fraction of sp³-hybridized carbons (Fsp3) is 0.429. The number of hydrogen-bond acceptors (Lipinski definition) is 5. The second kappa shape index (κ2) is 6.03. The quantitative estimate of drug-likeness (QED) is 0.916. The Bertz CT molecular complexity index is 599. The van der Waals surface area contributed by atoms with Crippen LogP contribution in [0.15, 0.2) is 17.5 Å². The van der Waals surface area contributed by atoms with Crippen molar-refractivity contribution >= 4 is 33.7 Å². The molecule has 2 N–H and O–H groups in total. The van der Waals surface area contributed by atoms with Crippen LogP contribution < -0.4 is 10.6 Å². The molecule has 1 fully saturated rings. The van der Waals surface area contributed by atoms with Crippen molar-refractivity contribution < 1.29 is 4.79 Å². The Morgan fingerprint density at radius 3 is 2.90 bits per heavy atom. The van der Waals surface area contributed by atoms with E-state index < -0.39 is 0 Å². The van der Waals surface area contributed by atoms with Gasteiger partial charge in [0.15, 0.2) is 5.13 Å². The zero-order valence-electron chi connectivity index (χ0n) is 11.3. The molecule has 3 rings (SSSR count). The average Bonchev–Trinajstić information content (AvgIpc) is 3.09. The number of aromatic nitrogens is 1. The Balaban J connectivity index is 1.66. The van der Waals surface area contributed by atoms with E-state index in [4.69, 9.17) is 0 Å². The summed E-state index contributed by atoms with van der Waals surface area (Å²) in [7, 11) is 0. The van der Waals surface area contributed by atoms with E-state index in [1.807, 2.05) is 5.38 Å². The molecular weight excluding hydrogens is 290 g/mol. The van der Waals surface area contributed by atoms with E-state index in [1.165, 1.54) is 16.2 Å². The fourth-order valence-electron chi connectivity index (χ4n) is 2.31. The molecular formula is C14H17N3OS2. The smallest absolute Gasteiger partial charge is 0.229 e. The van der Waals surface area contributed by atoms with Crippen molar-refractivity contribution in [3.05, 3.63) is 22.4 Å². The van der Waals surface area contributed by atoms with Crippen LogP contribution in [0.1, 0.15) is 17.7 Å². The molecule has 1 amide bonds. The minimum absolute atomic E-state index is 0.106. The van der Waals surface area contributed by atoms with Gasteiger partial charge in [0, 0.05) is 16.2 Å². The number of carbonyl (C=O) groups excluding carboxylic acids is 1. The van der Waals surface area contributed by atoms with E-state index >= 15 is 0 Å². The number of thiophene rings is 1. The van der Waals surface area contributed by atoms with Crippen LogP contribution in [0.3, 0.4) is 0 Å². The second-order valence-electron chi connectivity index (χ2n) is 4.96. The van der Waals surface area contributed by atoms with Crippen molar-refractivity contribution in [3.63, 3.8) is 0 Å². The summed E-state index contributed by atoms with van der Waals surface area (Å²) in [5, 5.41) is 8.93. The van der Waals surface area contributed by atoms with Crippen molar-refractivity contribution in [2.75, 3.05) is 18.4 Å². The first-order chi connectivity index (χ1) is 9.72. The van der Waals surface area contributed by atoms with Crippen LogP contribution in [0.5, 0.6) is 0 Å². The largest absolute Gasteiger partial charge is 0.317 e. The van der Waals surface area contributed by atoms with E-state index in [2.05, 4.69) is 34.7 Å². The SMILES string of the molecule is Cc1ccc(-c2csc(NC(=O)C3CCNCC3)n2)s1. The van der Waals surface area contributed by atoms with Crippen molar-refractivity contribution in [3.8, 4) is 10.6 Å². The maximum absolute atomic E-state index is 12.1. The fourth-order valence-corrected chi connectivity index (χ4v) is 3.92. The summed E-state index contributed by atoms with van der Waals surface area (Å²) in [6, 6.07) is 4.17. The molecule has 2 aromatic rings. The third-order valence-corrected chi connectivity index (χ3v) is 5.22. The lowest BCUT2D eigenvalue weighted by Gasteiger charge is -2.20. The van der Waals surface area contributed by atoms with Crippen LogP contribution in [0.25, 0.3) is 10.6 Å². The topological polar surface area (TPSA) is 54.0 Å². The Morgan fingerprint density at radius 2 is 2.20 bits per heavy atom. The number of nitrogens with zero attached hydrogens (tertiary/aromatic N) is 1. The summed E-state index contributed by atoms with van der Waals surface area (Å²) < 4.78 is 0. The van der Waals surface area contributed by atoms with Crippen molar-refractivity contribution in [2.24, 2.45) is 5.92 Å². The van der Waals surface area contributed by atoms with Gasteiger partial charge in [-0.05, 0) is 45.0 Å². The molecule has 0 bridgehead atoms. The second-order valence-corrected chi connectivity index (χ2v) is 7.11. The summed E-state index contributed by atoms with van der Waals surface area (Å²) in [4.78, 5) is 19.1. The zero-order valence-corrected chi connectivity index (χ0v) is 12.9. The Hall–Kier alpha value is -1.24. The molecule has 0 aliphatic carbocycles. The van der Waals surface area contributed by atoms with Gasteiger partial charge >= 0.3 is 0 Å². The number of amides is 1. The highest BCUT2D eigenvalue weighted by Gasteiger charge is 2.21. The van der Waals surface area contributed by atoms with E-state index in [0.29, 0.717) is 5.13 Å². The number of piperidine rings is 1. The van der Waals surface area contributed by atoms with Crippen LogP contribution in [-0.2, 0) is 4.79 Å². The van der Waals surface area contributed by atoms with E-state index in [1.54, 1.807) is 11.3 Å². The van der Waals surface area contributed by atoms with Gasteiger partial charge in [0.2, 0.25) is 5.91 Å². The van der Waals surface area contributed by atoms with Crippen molar-refractivity contribution in [1.82, 2.24) is 10.3 Å². The molecule has 0 aromatic carbocycles. The molecule has 2 aromatic heterocycles. The molecule has 0 spiro atoms. The van der Waals surface area contributed by atoms with Crippen LogP contribution in [0, 0.1) is 12.8 Å². The zero-order chi connectivity index (χ0) is 13.9. The van der Waals surface area contributed by atoms with Gasteiger partial charge in [0.25, 0.3) is 0 Å².